The van der Waals surface area contributed by atoms with Gasteiger partial charge < -0.3 is 63.5 Å². The number of hydrogen-bond donors (Lipinski definition) is 4. The number of nitrogens with zero attached hydrogens (tertiary/aromatic N) is 1. The third-order valence-corrected chi connectivity index (χ3v) is 11.0. The van der Waals surface area contributed by atoms with Gasteiger partial charge in [0.15, 0.2) is 18.9 Å². The van der Waals surface area contributed by atoms with Gasteiger partial charge in [-0.1, -0.05) is 41.5 Å². The van der Waals surface area contributed by atoms with Gasteiger partial charge in [-0.2, -0.15) is 0 Å². The molecular formula is C40H82N2O11. The van der Waals surface area contributed by atoms with Crippen LogP contribution in [-0.4, -0.2) is 147 Å². The maximum absolute atomic E-state index is 11.4. The Balaban J connectivity index is 0.00000119. The molecule has 0 radical (unpaired) electrons. The molecule has 2 aliphatic rings. The first-order valence-electron chi connectivity index (χ1n) is 19.7. The number of carbonyl (C=O) groups excluding carboxylic acids is 1. The lowest BCUT2D eigenvalue weighted by atomic mass is 9.72. The van der Waals surface area contributed by atoms with Crippen molar-refractivity contribution >= 4 is 6.29 Å². The van der Waals surface area contributed by atoms with Crippen LogP contribution in [0.3, 0.4) is 0 Å². The van der Waals surface area contributed by atoms with Crippen molar-refractivity contribution in [2.75, 3.05) is 48.1 Å². The van der Waals surface area contributed by atoms with E-state index in [1.165, 1.54) is 0 Å². The van der Waals surface area contributed by atoms with E-state index in [2.05, 4.69) is 24.1 Å². The molecule has 4 N–H and O–H groups in total. The topological polar surface area (TPSA) is 158 Å². The SMILES string of the molecule is CC.CNC1CC(C)OC(OCC(C)(C)[C@](C)(O)CC(C)CN(C)C(C)C(O)[C@H](C)OC(C)OC)C1.COC1(C)CC(OCC(C)C=O)O[C@@H](C)C1O. The van der Waals surface area contributed by atoms with Gasteiger partial charge in [-0.05, 0) is 81.3 Å². The van der Waals surface area contributed by atoms with Crippen LogP contribution < -0.4 is 5.32 Å². The Kier molecular flexibility index (Phi) is 24.4. The van der Waals surface area contributed by atoms with E-state index in [-0.39, 0.29) is 48.8 Å². The van der Waals surface area contributed by atoms with Crippen LogP contribution in [0, 0.1) is 17.3 Å². The summed E-state index contributed by atoms with van der Waals surface area (Å²) in [5.41, 5.74) is -2.06. The average Bonchev–Trinajstić information content (AvgIpc) is 3.11. The highest BCUT2D eigenvalue weighted by Crippen LogP contribution is 2.37. The predicted molar refractivity (Wildman–Crippen MR) is 209 cm³/mol. The maximum atomic E-state index is 11.4. The molecule has 0 saturated carbocycles. The minimum absolute atomic E-state index is 0.103. The minimum atomic E-state index is -0.928. The zero-order valence-corrected chi connectivity index (χ0v) is 36.5. The van der Waals surface area contributed by atoms with Crippen LogP contribution in [0.15, 0.2) is 0 Å². The highest BCUT2D eigenvalue weighted by atomic mass is 16.7. The Morgan fingerprint density at radius 1 is 1.02 bits per heavy atom. The number of methoxy groups -OCH3 is 2. The van der Waals surface area contributed by atoms with E-state index in [1.54, 1.807) is 28.1 Å². The zero-order valence-electron chi connectivity index (χ0n) is 36.5. The second-order valence-corrected chi connectivity index (χ2v) is 16.3. The van der Waals surface area contributed by atoms with Crippen LogP contribution >= 0.6 is 0 Å². The highest BCUT2D eigenvalue weighted by Gasteiger charge is 2.45. The minimum Gasteiger partial charge on any atom is -0.390 e. The third-order valence-electron chi connectivity index (χ3n) is 11.0. The smallest absolute Gasteiger partial charge is 0.160 e. The standard InChI is InChI=1S/C26H54N2O6.C12H22O5.C2H6/c1-17(15-28(10)19(3)24(29)20(4)34-21(5)31-11)14-26(8,30)25(6,7)16-32-23-13-22(27-9)12-18(2)33-23;1-8(6-13)7-16-10-5-12(3,15-4)11(14)9(2)17-10;1-2/h17-24,27,29-30H,12-16H2,1-11H3;6,8-11,14H,5,7H2,1-4H3;1-2H3/t17?,18?,19?,20-,21?,22?,23?,24?,26+;8?,9-,10?,11?,12?;/m00./s1. The Morgan fingerprint density at radius 2 is 1.62 bits per heavy atom. The van der Waals surface area contributed by atoms with Gasteiger partial charge in [-0.25, -0.2) is 0 Å². The van der Waals surface area contributed by atoms with Crippen molar-refractivity contribution < 1.29 is 53.3 Å². The summed E-state index contributed by atoms with van der Waals surface area (Å²) in [5, 5.41) is 35.5. The number of rotatable bonds is 20. The summed E-state index contributed by atoms with van der Waals surface area (Å²) in [6.07, 6.45) is 0.729. The van der Waals surface area contributed by atoms with Gasteiger partial charge in [0.1, 0.15) is 12.4 Å². The van der Waals surface area contributed by atoms with Crippen molar-refractivity contribution in [1.82, 2.24) is 10.2 Å². The molecule has 0 aromatic carbocycles. The molecule has 53 heavy (non-hydrogen) atoms. The maximum Gasteiger partial charge on any atom is 0.160 e. The molecule has 0 amide bonds. The van der Waals surface area contributed by atoms with E-state index >= 15 is 0 Å². The lowest BCUT2D eigenvalue weighted by molar-refractivity contribution is -0.279. The Bertz CT molecular complexity index is 975. The number of hydrogen-bond acceptors (Lipinski definition) is 13. The molecule has 2 saturated heterocycles. The first kappa shape index (κ1) is 52.2. The van der Waals surface area contributed by atoms with Gasteiger partial charge in [0, 0.05) is 57.0 Å². The Hall–Kier alpha value is -0.810. The van der Waals surface area contributed by atoms with Gasteiger partial charge >= 0.3 is 0 Å². The molecule has 318 valence electrons. The summed E-state index contributed by atoms with van der Waals surface area (Å²) in [6, 6.07) is 0.282. The molecular weight excluding hydrogens is 684 g/mol. The van der Waals surface area contributed by atoms with Gasteiger partial charge in [0.25, 0.3) is 0 Å². The molecule has 0 aromatic rings. The number of ether oxygens (including phenoxy) is 7. The molecule has 0 bridgehead atoms. The molecule has 13 nitrogen and oxygen atoms in total. The first-order valence-corrected chi connectivity index (χ1v) is 19.7. The van der Waals surface area contributed by atoms with E-state index in [0.717, 1.165) is 25.7 Å². The Labute approximate surface area is 323 Å². The van der Waals surface area contributed by atoms with Crippen LogP contribution in [0.2, 0.25) is 0 Å². The first-order chi connectivity index (χ1) is 24.6. The molecule has 2 fully saturated rings. The molecule has 0 spiro atoms. The number of aldehydes is 1. The molecule has 2 heterocycles. The number of carbonyl (C=O) groups is 1. The van der Waals surface area contributed by atoms with E-state index in [9.17, 15) is 20.1 Å². The van der Waals surface area contributed by atoms with Gasteiger partial charge in [0.2, 0.25) is 0 Å². The Morgan fingerprint density at radius 3 is 2.15 bits per heavy atom. The summed E-state index contributed by atoms with van der Waals surface area (Å²) < 4.78 is 39.3. The van der Waals surface area contributed by atoms with Crippen molar-refractivity contribution in [3.8, 4) is 0 Å². The number of nitrogens with one attached hydrogen (secondary N) is 1. The van der Waals surface area contributed by atoms with Crippen LogP contribution in [0.5, 0.6) is 0 Å². The highest BCUT2D eigenvalue weighted by molar-refractivity contribution is 5.52. The van der Waals surface area contributed by atoms with E-state index in [1.807, 2.05) is 76.4 Å². The average molecular weight is 767 g/mol. The van der Waals surface area contributed by atoms with Gasteiger partial charge in [0.05, 0.1) is 48.8 Å². The summed E-state index contributed by atoms with van der Waals surface area (Å²) in [5.74, 6) is 0.0530. The number of aliphatic hydroxyl groups is 3. The van der Waals surface area contributed by atoms with E-state index < -0.39 is 35.1 Å². The van der Waals surface area contributed by atoms with Crippen molar-refractivity contribution in [2.45, 2.75) is 188 Å². The van der Waals surface area contributed by atoms with Crippen molar-refractivity contribution in [2.24, 2.45) is 17.3 Å². The summed E-state index contributed by atoms with van der Waals surface area (Å²) in [7, 11) is 7.12. The van der Waals surface area contributed by atoms with E-state index in [0.29, 0.717) is 32.1 Å². The second kappa shape index (κ2) is 24.7. The van der Waals surface area contributed by atoms with Crippen LogP contribution in [-0.2, 0) is 38.0 Å². The second-order valence-electron chi connectivity index (χ2n) is 16.3. The molecule has 0 aliphatic carbocycles. The van der Waals surface area contributed by atoms with Crippen LogP contribution in [0.1, 0.15) is 116 Å². The number of likely N-dealkylation sites (N-methyl/N-ethyl adjacent to an activating group) is 1. The predicted octanol–water partition coefficient (Wildman–Crippen LogP) is 4.76. The molecule has 11 unspecified atom stereocenters. The summed E-state index contributed by atoms with van der Waals surface area (Å²) in [4.78, 5) is 12.6. The molecule has 14 atom stereocenters. The normalized spacial score (nSPS) is 31.0. The lowest BCUT2D eigenvalue weighted by Gasteiger charge is -2.44. The van der Waals surface area contributed by atoms with Crippen molar-refractivity contribution in [3.05, 3.63) is 0 Å². The zero-order chi connectivity index (χ0) is 41.3. The third kappa shape index (κ3) is 17.5. The fourth-order valence-corrected chi connectivity index (χ4v) is 6.58. The number of aliphatic hydroxyl groups excluding tert-OH is 2. The van der Waals surface area contributed by atoms with Crippen molar-refractivity contribution in [1.29, 1.82) is 0 Å². The molecule has 2 aliphatic heterocycles. The summed E-state index contributed by atoms with van der Waals surface area (Å²) in [6.45, 7) is 26.7. The van der Waals surface area contributed by atoms with Crippen LogP contribution in [0.25, 0.3) is 0 Å². The molecule has 0 aromatic heterocycles. The monoisotopic (exact) mass is 767 g/mol. The molecule has 13 heteroatoms. The lowest BCUT2D eigenvalue weighted by Crippen LogP contribution is -2.56. The quantitative estimate of drug-likeness (QED) is 0.0995. The van der Waals surface area contributed by atoms with Crippen LogP contribution in [0.4, 0.5) is 0 Å². The van der Waals surface area contributed by atoms with Crippen molar-refractivity contribution in [3.63, 3.8) is 0 Å². The van der Waals surface area contributed by atoms with E-state index in [4.69, 9.17) is 33.2 Å². The fraction of sp³-hybridized carbons (Fsp3) is 0.975. The van der Waals surface area contributed by atoms with Gasteiger partial charge in [-0.3, -0.25) is 0 Å². The summed E-state index contributed by atoms with van der Waals surface area (Å²) >= 11 is 0. The largest absolute Gasteiger partial charge is 0.390 e. The fourth-order valence-electron chi connectivity index (χ4n) is 6.58. The molecule has 2 rings (SSSR count). The van der Waals surface area contributed by atoms with Gasteiger partial charge in [-0.15, -0.1) is 0 Å².